The zero-order valence-electron chi connectivity index (χ0n) is 12.4. The van der Waals surface area contributed by atoms with Crippen molar-refractivity contribution in [3.63, 3.8) is 0 Å². The Morgan fingerprint density at radius 3 is 2.40 bits per heavy atom. The molecule has 110 valence electrons. The molecule has 0 saturated heterocycles. The summed E-state index contributed by atoms with van der Waals surface area (Å²) in [5.41, 5.74) is 5.83. The van der Waals surface area contributed by atoms with Crippen LogP contribution >= 0.6 is 0 Å². The fourth-order valence-corrected chi connectivity index (χ4v) is 2.41. The Hall–Kier alpha value is -1.89. The summed E-state index contributed by atoms with van der Waals surface area (Å²) in [4.78, 5) is 28.7. The molecule has 2 heterocycles. The van der Waals surface area contributed by atoms with Crippen LogP contribution in [0.2, 0.25) is 0 Å². The van der Waals surface area contributed by atoms with Gasteiger partial charge in [-0.25, -0.2) is 9.78 Å². The molecule has 2 aromatic rings. The highest BCUT2D eigenvalue weighted by Crippen LogP contribution is 2.14. The number of fused-ring (bicyclic) bond motifs is 1. The monoisotopic (exact) mass is 279 g/mol. The van der Waals surface area contributed by atoms with Crippen molar-refractivity contribution in [3.05, 3.63) is 26.7 Å². The molecule has 2 aromatic heterocycles. The quantitative estimate of drug-likeness (QED) is 0.824. The van der Waals surface area contributed by atoms with Gasteiger partial charge in [0.25, 0.3) is 5.56 Å². The summed E-state index contributed by atoms with van der Waals surface area (Å²) in [7, 11) is 3.13. The summed E-state index contributed by atoms with van der Waals surface area (Å²) in [6, 6.07) is 0. The van der Waals surface area contributed by atoms with Crippen LogP contribution in [0.1, 0.15) is 19.7 Å². The molecule has 0 bridgehead atoms. The lowest BCUT2D eigenvalue weighted by Crippen LogP contribution is -2.37. The molecule has 0 unspecified atom stereocenters. The largest absolute Gasteiger partial charge is 0.332 e. The first-order chi connectivity index (χ1) is 9.38. The van der Waals surface area contributed by atoms with Gasteiger partial charge in [0, 0.05) is 27.1 Å². The molecule has 0 aliphatic heterocycles. The van der Waals surface area contributed by atoms with Crippen LogP contribution in [0.5, 0.6) is 0 Å². The molecule has 2 rings (SSSR count). The van der Waals surface area contributed by atoms with E-state index in [0.29, 0.717) is 36.6 Å². The van der Waals surface area contributed by atoms with E-state index in [0.717, 1.165) is 10.4 Å². The lowest BCUT2D eigenvalue weighted by Gasteiger charge is -2.13. The molecule has 0 aromatic carbocycles. The molecule has 7 heteroatoms. The summed E-state index contributed by atoms with van der Waals surface area (Å²) in [6.07, 6.45) is 0.582. The zero-order chi connectivity index (χ0) is 15.0. The van der Waals surface area contributed by atoms with Crippen LogP contribution in [0.25, 0.3) is 11.2 Å². The number of hydrogen-bond acceptors (Lipinski definition) is 4. The van der Waals surface area contributed by atoms with Crippen LogP contribution < -0.4 is 17.0 Å². The van der Waals surface area contributed by atoms with Crippen LogP contribution in [-0.4, -0.2) is 25.2 Å². The maximum absolute atomic E-state index is 12.2. The zero-order valence-corrected chi connectivity index (χ0v) is 12.4. The van der Waals surface area contributed by atoms with E-state index >= 15 is 0 Å². The molecular weight excluding hydrogens is 258 g/mol. The predicted octanol–water partition coefficient (Wildman–Crippen LogP) is -0.409. The average Bonchev–Trinajstić information content (AvgIpc) is 2.73. The third-order valence-corrected chi connectivity index (χ3v) is 3.33. The Morgan fingerprint density at radius 1 is 1.20 bits per heavy atom. The van der Waals surface area contributed by atoms with Gasteiger partial charge in [0.2, 0.25) is 0 Å². The molecule has 0 aliphatic rings. The van der Waals surface area contributed by atoms with E-state index in [1.54, 1.807) is 7.05 Å². The fraction of sp³-hybridized carbons (Fsp3) is 0.615. The molecule has 20 heavy (non-hydrogen) atoms. The fourth-order valence-electron chi connectivity index (χ4n) is 2.41. The standard InChI is InChI=1S/C13H21N5O2/c1-8(2)7-18-9(5-6-14)15-10-11(18)16(3)13(20)17(4)12(10)19/h8H,5-7,14H2,1-4H3. The number of aromatic nitrogens is 4. The van der Waals surface area contributed by atoms with E-state index in [4.69, 9.17) is 5.73 Å². The molecule has 0 spiro atoms. The van der Waals surface area contributed by atoms with E-state index in [1.165, 1.54) is 11.6 Å². The van der Waals surface area contributed by atoms with Gasteiger partial charge in [-0.15, -0.1) is 0 Å². The third kappa shape index (κ3) is 2.18. The van der Waals surface area contributed by atoms with Crippen molar-refractivity contribution in [2.75, 3.05) is 6.54 Å². The highest BCUT2D eigenvalue weighted by molar-refractivity contribution is 5.71. The van der Waals surface area contributed by atoms with Gasteiger partial charge in [-0.05, 0) is 12.5 Å². The van der Waals surface area contributed by atoms with Gasteiger partial charge in [-0.3, -0.25) is 13.9 Å². The van der Waals surface area contributed by atoms with Gasteiger partial charge >= 0.3 is 5.69 Å². The first-order valence-corrected chi connectivity index (χ1v) is 6.73. The van der Waals surface area contributed by atoms with Crippen molar-refractivity contribution >= 4 is 11.2 Å². The van der Waals surface area contributed by atoms with Crippen molar-refractivity contribution in [1.82, 2.24) is 18.7 Å². The maximum Gasteiger partial charge on any atom is 0.332 e. The molecular formula is C13H21N5O2. The van der Waals surface area contributed by atoms with Gasteiger partial charge in [-0.1, -0.05) is 13.8 Å². The highest BCUT2D eigenvalue weighted by Gasteiger charge is 2.18. The molecule has 0 amide bonds. The van der Waals surface area contributed by atoms with Crippen LogP contribution in [0.3, 0.4) is 0 Å². The Kier molecular flexibility index (Phi) is 3.80. The summed E-state index contributed by atoms with van der Waals surface area (Å²) in [5.74, 6) is 1.14. The molecule has 0 atom stereocenters. The molecule has 0 radical (unpaired) electrons. The molecule has 7 nitrogen and oxygen atoms in total. The minimum Gasteiger partial charge on any atom is -0.330 e. The van der Waals surface area contributed by atoms with Crippen LogP contribution in [0.4, 0.5) is 0 Å². The Labute approximate surface area is 116 Å². The van der Waals surface area contributed by atoms with Crippen LogP contribution in [0.15, 0.2) is 9.59 Å². The second-order valence-electron chi connectivity index (χ2n) is 5.45. The minimum absolute atomic E-state index is 0.332. The van der Waals surface area contributed by atoms with Gasteiger partial charge in [-0.2, -0.15) is 0 Å². The summed E-state index contributed by atoms with van der Waals surface area (Å²) >= 11 is 0. The average molecular weight is 279 g/mol. The number of aryl methyl sites for hydroxylation is 1. The molecule has 0 fully saturated rings. The van der Waals surface area contributed by atoms with Gasteiger partial charge in [0.1, 0.15) is 11.5 Å². The molecule has 0 aliphatic carbocycles. The van der Waals surface area contributed by atoms with Crippen LogP contribution in [0, 0.1) is 5.92 Å². The molecule has 2 N–H and O–H groups in total. The minimum atomic E-state index is -0.358. The first kappa shape index (κ1) is 14.5. The van der Waals surface area contributed by atoms with Crippen molar-refractivity contribution in [2.24, 2.45) is 25.7 Å². The second kappa shape index (κ2) is 5.24. The van der Waals surface area contributed by atoms with Crippen LogP contribution in [-0.2, 0) is 27.1 Å². The summed E-state index contributed by atoms with van der Waals surface area (Å²) in [6.45, 7) is 5.32. The normalized spacial score (nSPS) is 11.7. The van der Waals surface area contributed by atoms with Crippen molar-refractivity contribution < 1.29 is 0 Å². The maximum atomic E-state index is 12.2. The third-order valence-electron chi connectivity index (χ3n) is 3.33. The highest BCUT2D eigenvalue weighted by atomic mass is 16.2. The van der Waals surface area contributed by atoms with E-state index in [9.17, 15) is 9.59 Å². The Balaban J connectivity index is 2.89. The lowest BCUT2D eigenvalue weighted by atomic mass is 10.2. The Morgan fingerprint density at radius 2 is 1.85 bits per heavy atom. The number of nitrogens with zero attached hydrogens (tertiary/aromatic N) is 4. The van der Waals surface area contributed by atoms with Crippen molar-refractivity contribution in [2.45, 2.75) is 26.8 Å². The van der Waals surface area contributed by atoms with E-state index < -0.39 is 0 Å². The van der Waals surface area contributed by atoms with E-state index in [2.05, 4.69) is 18.8 Å². The lowest BCUT2D eigenvalue weighted by molar-refractivity contribution is 0.509. The smallest absolute Gasteiger partial charge is 0.330 e. The van der Waals surface area contributed by atoms with Crippen molar-refractivity contribution in [3.8, 4) is 0 Å². The van der Waals surface area contributed by atoms with Gasteiger partial charge in [0.05, 0.1) is 0 Å². The second-order valence-corrected chi connectivity index (χ2v) is 5.45. The van der Waals surface area contributed by atoms with Gasteiger partial charge in [0.15, 0.2) is 5.52 Å². The predicted molar refractivity (Wildman–Crippen MR) is 77.8 cm³/mol. The number of imidazole rings is 1. The topological polar surface area (TPSA) is 87.8 Å². The SMILES string of the molecule is CC(C)Cn1c(CCN)nc2c(=O)n(C)c(=O)n(C)c21. The van der Waals surface area contributed by atoms with Gasteiger partial charge < -0.3 is 10.3 Å². The van der Waals surface area contributed by atoms with Crippen molar-refractivity contribution in [1.29, 1.82) is 0 Å². The van der Waals surface area contributed by atoms with E-state index in [1.807, 2.05) is 4.57 Å². The summed E-state index contributed by atoms with van der Waals surface area (Å²) in [5, 5.41) is 0. The number of nitrogens with two attached hydrogens (primary N) is 1. The number of hydrogen-bond donors (Lipinski definition) is 1. The molecule has 0 saturated carbocycles. The Bertz CT molecular complexity index is 751. The first-order valence-electron chi connectivity index (χ1n) is 6.73. The summed E-state index contributed by atoms with van der Waals surface area (Å²) < 4.78 is 4.50. The number of rotatable bonds is 4. The van der Waals surface area contributed by atoms with E-state index in [-0.39, 0.29) is 11.2 Å².